The summed E-state index contributed by atoms with van der Waals surface area (Å²) in [5.41, 5.74) is 2.93. The number of benzene rings is 3. The molecule has 0 aliphatic carbocycles. The largest absolute Gasteiger partial charge is 0.423 e. The number of nitrogens with one attached hydrogen (secondary N) is 1. The molecule has 1 N–H and O–H groups in total. The quantitative estimate of drug-likeness (QED) is 0.410. The maximum atomic E-state index is 12.4. The van der Waals surface area contributed by atoms with Crippen LogP contribution in [0.2, 0.25) is 0 Å². The first-order valence-electron chi connectivity index (χ1n) is 9.49. The summed E-state index contributed by atoms with van der Waals surface area (Å²) in [5, 5.41) is 5.92. The second-order valence-corrected chi connectivity index (χ2v) is 7.34. The van der Waals surface area contributed by atoms with Crippen molar-refractivity contribution < 1.29 is 9.21 Å². The molecule has 146 valence electrons. The molecule has 0 aliphatic rings. The highest BCUT2D eigenvalue weighted by Gasteiger charge is 2.13. The van der Waals surface area contributed by atoms with Crippen molar-refractivity contribution in [2.45, 2.75) is 13.5 Å². The van der Waals surface area contributed by atoms with E-state index in [1.165, 1.54) is 6.07 Å². The van der Waals surface area contributed by atoms with Crippen molar-refractivity contribution in [3.8, 4) is 0 Å². The van der Waals surface area contributed by atoms with Crippen molar-refractivity contribution in [3.05, 3.63) is 88.3 Å². The van der Waals surface area contributed by atoms with E-state index < -0.39 is 0 Å². The summed E-state index contributed by atoms with van der Waals surface area (Å²) < 4.78 is 5.41. The number of aryl methyl sites for hydroxylation is 1. The maximum absolute atomic E-state index is 12.4. The highest BCUT2D eigenvalue weighted by Crippen LogP contribution is 2.27. The molecule has 0 radical (unpaired) electrons. The lowest BCUT2D eigenvalue weighted by Crippen LogP contribution is -2.30. The molecule has 29 heavy (non-hydrogen) atoms. The Labute approximate surface area is 168 Å². The third-order valence-electron chi connectivity index (χ3n) is 4.90. The van der Waals surface area contributed by atoms with Crippen molar-refractivity contribution in [2.24, 2.45) is 0 Å². The second kappa shape index (κ2) is 7.89. The van der Waals surface area contributed by atoms with Crippen LogP contribution in [0.3, 0.4) is 0 Å². The van der Waals surface area contributed by atoms with E-state index in [1.54, 1.807) is 0 Å². The van der Waals surface area contributed by atoms with Crippen molar-refractivity contribution in [1.82, 2.24) is 4.90 Å². The zero-order valence-electron chi connectivity index (χ0n) is 16.4. The van der Waals surface area contributed by atoms with Gasteiger partial charge in [0.25, 0.3) is 0 Å². The van der Waals surface area contributed by atoms with E-state index in [0.717, 1.165) is 33.0 Å². The number of hydrogen-bond acceptors (Lipinski definition) is 4. The van der Waals surface area contributed by atoms with E-state index in [2.05, 4.69) is 5.32 Å². The van der Waals surface area contributed by atoms with E-state index in [-0.39, 0.29) is 18.1 Å². The van der Waals surface area contributed by atoms with Gasteiger partial charge in [0.05, 0.1) is 6.54 Å². The second-order valence-electron chi connectivity index (χ2n) is 7.34. The van der Waals surface area contributed by atoms with Crippen molar-refractivity contribution >= 4 is 33.3 Å². The van der Waals surface area contributed by atoms with Gasteiger partial charge in [0, 0.05) is 23.7 Å². The molecule has 1 heterocycles. The molecule has 1 aromatic heterocycles. The van der Waals surface area contributed by atoms with Crippen LogP contribution in [0.1, 0.15) is 11.1 Å². The minimum absolute atomic E-state index is 0.103. The Morgan fingerprint density at radius 3 is 2.59 bits per heavy atom. The smallest absolute Gasteiger partial charge is 0.336 e. The molecule has 0 bridgehead atoms. The number of rotatable bonds is 5. The first-order valence-corrected chi connectivity index (χ1v) is 9.49. The molecule has 5 nitrogen and oxygen atoms in total. The van der Waals surface area contributed by atoms with Gasteiger partial charge in [-0.1, -0.05) is 48.0 Å². The predicted octanol–water partition coefficient (Wildman–Crippen LogP) is 4.33. The van der Waals surface area contributed by atoms with Crippen LogP contribution in [0.4, 0.5) is 5.69 Å². The predicted molar refractivity (Wildman–Crippen MR) is 116 cm³/mol. The Bertz CT molecular complexity index is 1240. The SMILES string of the molecule is Cc1ccc(NC(=O)CN(C)Cc2cc(=O)oc3ccc4ccccc4c23)cc1. The van der Waals surface area contributed by atoms with Crippen molar-refractivity contribution in [2.75, 3.05) is 18.9 Å². The molecule has 5 heteroatoms. The van der Waals surface area contributed by atoms with Gasteiger partial charge < -0.3 is 9.73 Å². The summed E-state index contributed by atoms with van der Waals surface area (Å²) in [7, 11) is 1.86. The Morgan fingerprint density at radius 2 is 1.79 bits per heavy atom. The number of nitrogens with zero attached hydrogens (tertiary/aromatic N) is 1. The molecule has 0 fully saturated rings. The van der Waals surface area contributed by atoms with Gasteiger partial charge >= 0.3 is 5.63 Å². The van der Waals surface area contributed by atoms with Crippen LogP contribution in [0.5, 0.6) is 0 Å². The topological polar surface area (TPSA) is 62.6 Å². The zero-order chi connectivity index (χ0) is 20.4. The molecule has 0 saturated heterocycles. The van der Waals surface area contributed by atoms with E-state index in [9.17, 15) is 9.59 Å². The van der Waals surface area contributed by atoms with Crippen LogP contribution in [0.15, 0.2) is 75.9 Å². The number of carbonyl (C=O) groups is 1. The van der Waals surface area contributed by atoms with Crippen molar-refractivity contribution in [3.63, 3.8) is 0 Å². The average molecular weight is 386 g/mol. The molecule has 0 saturated carbocycles. The van der Waals surface area contributed by atoms with Gasteiger partial charge in [0.15, 0.2) is 0 Å². The highest BCUT2D eigenvalue weighted by molar-refractivity contribution is 6.07. The van der Waals surface area contributed by atoms with Crippen molar-refractivity contribution in [1.29, 1.82) is 0 Å². The molecular weight excluding hydrogens is 364 g/mol. The van der Waals surface area contributed by atoms with Gasteiger partial charge in [-0.15, -0.1) is 0 Å². The summed E-state index contributed by atoms with van der Waals surface area (Å²) in [6.07, 6.45) is 0. The Hall–Kier alpha value is -3.44. The summed E-state index contributed by atoms with van der Waals surface area (Å²) in [6, 6.07) is 21.0. The lowest BCUT2D eigenvalue weighted by atomic mass is 10.0. The third-order valence-corrected chi connectivity index (χ3v) is 4.90. The number of amides is 1. The first-order chi connectivity index (χ1) is 14.0. The van der Waals surface area contributed by atoms with Gasteiger partial charge in [-0.3, -0.25) is 9.69 Å². The summed E-state index contributed by atoms with van der Waals surface area (Å²) in [5.74, 6) is -0.103. The Balaban J connectivity index is 1.58. The number of hydrogen-bond donors (Lipinski definition) is 1. The fraction of sp³-hybridized carbons (Fsp3) is 0.167. The normalized spacial score (nSPS) is 11.3. The van der Waals surface area contributed by atoms with Crippen LogP contribution in [-0.4, -0.2) is 24.4 Å². The molecule has 4 rings (SSSR count). The minimum atomic E-state index is -0.389. The van der Waals surface area contributed by atoms with E-state index >= 15 is 0 Å². The third kappa shape index (κ3) is 4.20. The van der Waals surface area contributed by atoms with E-state index in [0.29, 0.717) is 12.1 Å². The Kier molecular flexibility index (Phi) is 5.14. The minimum Gasteiger partial charge on any atom is -0.423 e. The van der Waals surface area contributed by atoms with E-state index in [4.69, 9.17) is 4.42 Å². The lowest BCUT2D eigenvalue weighted by molar-refractivity contribution is -0.117. The van der Waals surface area contributed by atoms with Gasteiger partial charge in [0.2, 0.25) is 5.91 Å². The number of fused-ring (bicyclic) bond motifs is 3. The molecule has 0 atom stereocenters. The van der Waals surface area contributed by atoms with Gasteiger partial charge in [-0.05, 0) is 48.5 Å². The standard InChI is InChI=1S/C24H22N2O3/c1-16-7-10-19(11-8-16)25-22(27)15-26(2)14-18-13-23(28)29-21-12-9-17-5-3-4-6-20(17)24(18)21/h3-13H,14-15H2,1-2H3,(H,25,27). The van der Waals surface area contributed by atoms with Gasteiger partial charge in [0.1, 0.15) is 5.58 Å². The van der Waals surface area contributed by atoms with Gasteiger partial charge in [-0.2, -0.15) is 0 Å². The molecule has 0 spiro atoms. The van der Waals surface area contributed by atoms with Crippen LogP contribution in [0.25, 0.3) is 21.7 Å². The first kappa shape index (κ1) is 18.9. The number of anilines is 1. The van der Waals surface area contributed by atoms with E-state index in [1.807, 2.05) is 79.5 Å². The summed E-state index contributed by atoms with van der Waals surface area (Å²) in [4.78, 5) is 26.3. The Morgan fingerprint density at radius 1 is 1.03 bits per heavy atom. The molecule has 1 amide bonds. The van der Waals surface area contributed by atoms with Crippen LogP contribution >= 0.6 is 0 Å². The van der Waals surface area contributed by atoms with Crippen LogP contribution in [0, 0.1) is 6.92 Å². The monoisotopic (exact) mass is 386 g/mol. The van der Waals surface area contributed by atoms with Gasteiger partial charge in [-0.25, -0.2) is 4.79 Å². The number of likely N-dealkylation sites (N-methyl/N-ethyl adjacent to an activating group) is 1. The zero-order valence-corrected chi connectivity index (χ0v) is 16.4. The summed E-state index contributed by atoms with van der Waals surface area (Å²) >= 11 is 0. The fourth-order valence-electron chi connectivity index (χ4n) is 3.57. The molecular formula is C24H22N2O3. The van der Waals surface area contributed by atoms with Crippen LogP contribution in [-0.2, 0) is 11.3 Å². The molecule has 3 aromatic carbocycles. The molecule has 0 aliphatic heterocycles. The summed E-state index contributed by atoms with van der Waals surface area (Å²) in [6.45, 7) is 2.67. The highest BCUT2D eigenvalue weighted by atomic mass is 16.4. The average Bonchev–Trinajstić information content (AvgIpc) is 2.69. The molecule has 4 aromatic rings. The fourth-order valence-corrected chi connectivity index (χ4v) is 3.57. The maximum Gasteiger partial charge on any atom is 0.336 e. The van der Waals surface area contributed by atoms with Crippen LogP contribution < -0.4 is 10.9 Å². The lowest BCUT2D eigenvalue weighted by Gasteiger charge is -2.18. The number of carbonyl (C=O) groups excluding carboxylic acids is 1. The molecule has 0 unspecified atom stereocenters.